The molecule has 0 saturated heterocycles. The minimum absolute atomic E-state index is 0.0154. The van der Waals surface area contributed by atoms with Crippen LogP contribution in [0.4, 0.5) is 5.69 Å². The molecule has 1 aromatic rings. The maximum absolute atomic E-state index is 11.5. The highest BCUT2D eigenvalue weighted by Crippen LogP contribution is 2.08. The van der Waals surface area contributed by atoms with Gasteiger partial charge in [0.1, 0.15) is 0 Å². The van der Waals surface area contributed by atoms with Crippen LogP contribution in [0.25, 0.3) is 0 Å². The quantitative estimate of drug-likeness (QED) is 0.830. The molecule has 4 heteroatoms. The zero-order valence-corrected chi connectivity index (χ0v) is 9.53. The molecular formula is C12H15N3O. The van der Waals surface area contributed by atoms with E-state index in [9.17, 15) is 4.79 Å². The summed E-state index contributed by atoms with van der Waals surface area (Å²) in [6.07, 6.45) is 0.465. The Balaban J connectivity index is 2.47. The molecule has 0 bridgehead atoms. The second-order valence-electron chi connectivity index (χ2n) is 3.79. The largest absolute Gasteiger partial charge is 0.326 e. The molecule has 0 unspecified atom stereocenters. The molecule has 0 saturated carbocycles. The van der Waals surface area contributed by atoms with Gasteiger partial charge in [-0.1, -0.05) is 0 Å². The molecule has 0 radical (unpaired) electrons. The lowest BCUT2D eigenvalue weighted by Crippen LogP contribution is -2.20. The van der Waals surface area contributed by atoms with Crippen molar-refractivity contribution in [2.45, 2.75) is 6.42 Å². The molecule has 0 aliphatic heterocycles. The first-order chi connectivity index (χ1) is 7.61. The van der Waals surface area contributed by atoms with Gasteiger partial charge >= 0.3 is 0 Å². The Morgan fingerprint density at radius 1 is 1.38 bits per heavy atom. The molecule has 0 aromatic heterocycles. The zero-order chi connectivity index (χ0) is 12.0. The van der Waals surface area contributed by atoms with E-state index in [1.807, 2.05) is 25.1 Å². The van der Waals surface area contributed by atoms with Crippen molar-refractivity contribution in [3.8, 4) is 6.07 Å². The van der Waals surface area contributed by atoms with Crippen LogP contribution in [-0.2, 0) is 4.79 Å². The Kier molecular flexibility index (Phi) is 4.49. The fourth-order valence-electron chi connectivity index (χ4n) is 1.18. The fraction of sp³-hybridized carbons (Fsp3) is 0.333. The molecule has 4 nitrogen and oxygen atoms in total. The molecule has 0 atom stereocenters. The summed E-state index contributed by atoms with van der Waals surface area (Å²) in [6, 6.07) is 8.85. The lowest BCUT2D eigenvalue weighted by Gasteiger charge is -2.09. The lowest BCUT2D eigenvalue weighted by atomic mass is 10.2. The Morgan fingerprint density at radius 2 is 2.00 bits per heavy atom. The fourth-order valence-corrected chi connectivity index (χ4v) is 1.18. The number of hydrogen-bond donors (Lipinski definition) is 1. The standard InChI is InChI=1S/C12H15N3O/c1-15(2)8-7-12(16)14-11-5-3-10(9-13)4-6-11/h3-6H,7-8H2,1-2H3,(H,14,16). The monoisotopic (exact) mass is 217 g/mol. The van der Waals surface area contributed by atoms with Crippen LogP contribution in [0.2, 0.25) is 0 Å². The second kappa shape index (κ2) is 5.89. The molecule has 1 aromatic carbocycles. The van der Waals surface area contributed by atoms with Gasteiger partial charge in [0.15, 0.2) is 0 Å². The zero-order valence-electron chi connectivity index (χ0n) is 9.53. The van der Waals surface area contributed by atoms with Crippen LogP contribution in [0.3, 0.4) is 0 Å². The Hall–Kier alpha value is -1.86. The predicted molar refractivity (Wildman–Crippen MR) is 63.0 cm³/mol. The third-order valence-corrected chi connectivity index (χ3v) is 2.08. The number of rotatable bonds is 4. The van der Waals surface area contributed by atoms with Crippen molar-refractivity contribution in [1.82, 2.24) is 4.90 Å². The minimum Gasteiger partial charge on any atom is -0.326 e. The van der Waals surface area contributed by atoms with Crippen LogP contribution in [0.1, 0.15) is 12.0 Å². The second-order valence-corrected chi connectivity index (χ2v) is 3.79. The van der Waals surface area contributed by atoms with E-state index >= 15 is 0 Å². The van der Waals surface area contributed by atoms with E-state index in [-0.39, 0.29) is 5.91 Å². The summed E-state index contributed by atoms with van der Waals surface area (Å²) < 4.78 is 0. The van der Waals surface area contributed by atoms with Crippen molar-refractivity contribution in [2.75, 3.05) is 26.0 Å². The van der Waals surface area contributed by atoms with E-state index in [0.717, 1.165) is 12.2 Å². The topological polar surface area (TPSA) is 56.1 Å². The number of amides is 1. The number of nitrogens with zero attached hydrogens (tertiary/aromatic N) is 2. The molecule has 0 spiro atoms. The number of anilines is 1. The van der Waals surface area contributed by atoms with Gasteiger partial charge in [-0.05, 0) is 38.4 Å². The summed E-state index contributed by atoms with van der Waals surface area (Å²) in [5.41, 5.74) is 1.31. The number of nitrogens with one attached hydrogen (secondary N) is 1. The summed E-state index contributed by atoms with van der Waals surface area (Å²) in [6.45, 7) is 0.724. The third-order valence-electron chi connectivity index (χ3n) is 2.08. The molecule has 0 aliphatic rings. The van der Waals surface area contributed by atoms with Gasteiger partial charge in [-0.3, -0.25) is 4.79 Å². The van der Waals surface area contributed by atoms with Gasteiger partial charge in [0.25, 0.3) is 0 Å². The summed E-state index contributed by atoms with van der Waals surface area (Å²) in [5.74, 6) is -0.0154. The van der Waals surface area contributed by atoms with Crippen molar-refractivity contribution in [3.63, 3.8) is 0 Å². The first kappa shape index (κ1) is 12.2. The van der Waals surface area contributed by atoms with Gasteiger partial charge in [0.05, 0.1) is 11.6 Å². The third kappa shape index (κ3) is 4.11. The smallest absolute Gasteiger partial charge is 0.225 e. The summed E-state index contributed by atoms with van der Waals surface area (Å²) in [5, 5.41) is 11.4. The van der Waals surface area contributed by atoms with E-state index in [0.29, 0.717) is 12.0 Å². The predicted octanol–water partition coefficient (Wildman–Crippen LogP) is 1.45. The van der Waals surface area contributed by atoms with E-state index in [1.54, 1.807) is 24.3 Å². The van der Waals surface area contributed by atoms with Crippen molar-refractivity contribution in [2.24, 2.45) is 0 Å². The SMILES string of the molecule is CN(C)CCC(=O)Nc1ccc(C#N)cc1. The molecule has 0 fully saturated rings. The summed E-state index contributed by atoms with van der Waals surface area (Å²) in [4.78, 5) is 13.4. The minimum atomic E-state index is -0.0154. The average Bonchev–Trinajstić information content (AvgIpc) is 2.27. The Labute approximate surface area is 95.5 Å². The van der Waals surface area contributed by atoms with Gasteiger partial charge in [-0.25, -0.2) is 0 Å². The van der Waals surface area contributed by atoms with Crippen LogP contribution in [0.15, 0.2) is 24.3 Å². The highest BCUT2D eigenvalue weighted by Gasteiger charge is 2.02. The van der Waals surface area contributed by atoms with Crippen LogP contribution < -0.4 is 5.32 Å². The summed E-state index contributed by atoms with van der Waals surface area (Å²) >= 11 is 0. The molecular weight excluding hydrogens is 202 g/mol. The Bertz CT molecular complexity index is 390. The number of nitriles is 1. The van der Waals surface area contributed by atoms with E-state index in [1.165, 1.54) is 0 Å². The number of carbonyl (C=O) groups is 1. The van der Waals surface area contributed by atoms with Crippen molar-refractivity contribution in [1.29, 1.82) is 5.26 Å². The van der Waals surface area contributed by atoms with E-state index < -0.39 is 0 Å². The van der Waals surface area contributed by atoms with Gasteiger partial charge < -0.3 is 10.2 Å². The maximum atomic E-state index is 11.5. The first-order valence-electron chi connectivity index (χ1n) is 5.06. The Morgan fingerprint density at radius 3 is 2.50 bits per heavy atom. The lowest BCUT2D eigenvalue weighted by molar-refractivity contribution is -0.116. The molecule has 1 amide bonds. The van der Waals surface area contributed by atoms with Gasteiger partial charge in [-0.2, -0.15) is 5.26 Å². The van der Waals surface area contributed by atoms with Crippen LogP contribution >= 0.6 is 0 Å². The normalized spacial score (nSPS) is 9.88. The van der Waals surface area contributed by atoms with E-state index in [4.69, 9.17) is 5.26 Å². The molecule has 1 N–H and O–H groups in total. The number of benzene rings is 1. The number of hydrogen-bond acceptors (Lipinski definition) is 3. The molecule has 0 heterocycles. The highest BCUT2D eigenvalue weighted by molar-refractivity contribution is 5.90. The van der Waals surface area contributed by atoms with Crippen LogP contribution in [0, 0.1) is 11.3 Å². The van der Waals surface area contributed by atoms with Crippen LogP contribution in [-0.4, -0.2) is 31.4 Å². The van der Waals surface area contributed by atoms with Gasteiger partial charge in [-0.15, -0.1) is 0 Å². The summed E-state index contributed by atoms with van der Waals surface area (Å²) in [7, 11) is 3.85. The van der Waals surface area contributed by atoms with Gasteiger partial charge in [0.2, 0.25) is 5.91 Å². The van der Waals surface area contributed by atoms with Crippen molar-refractivity contribution >= 4 is 11.6 Å². The van der Waals surface area contributed by atoms with Crippen molar-refractivity contribution < 1.29 is 4.79 Å². The highest BCUT2D eigenvalue weighted by atomic mass is 16.1. The number of carbonyl (C=O) groups excluding carboxylic acids is 1. The van der Waals surface area contributed by atoms with Crippen molar-refractivity contribution in [3.05, 3.63) is 29.8 Å². The average molecular weight is 217 g/mol. The first-order valence-corrected chi connectivity index (χ1v) is 5.06. The van der Waals surface area contributed by atoms with Gasteiger partial charge in [0, 0.05) is 18.7 Å². The molecule has 84 valence electrons. The molecule has 0 aliphatic carbocycles. The van der Waals surface area contributed by atoms with E-state index in [2.05, 4.69) is 5.32 Å². The van der Waals surface area contributed by atoms with Crippen LogP contribution in [0.5, 0.6) is 0 Å². The maximum Gasteiger partial charge on any atom is 0.225 e. The molecule has 16 heavy (non-hydrogen) atoms. The molecule has 1 rings (SSSR count).